The smallest absolute Gasteiger partial charge is 0.223 e. The van der Waals surface area contributed by atoms with Gasteiger partial charge in [0, 0.05) is 32.2 Å². The SMILES string of the molecule is CCCNc1nccc(SCCCOC)n1. The number of rotatable bonds is 8. The van der Waals surface area contributed by atoms with Crippen molar-refractivity contribution in [2.75, 3.05) is 31.3 Å². The minimum Gasteiger partial charge on any atom is -0.385 e. The fourth-order valence-corrected chi connectivity index (χ4v) is 1.90. The van der Waals surface area contributed by atoms with Gasteiger partial charge >= 0.3 is 0 Å². The summed E-state index contributed by atoms with van der Waals surface area (Å²) in [5.74, 6) is 1.75. The molecule has 16 heavy (non-hydrogen) atoms. The molecule has 1 N–H and O–H groups in total. The van der Waals surface area contributed by atoms with Crippen molar-refractivity contribution in [2.24, 2.45) is 0 Å². The van der Waals surface area contributed by atoms with E-state index in [0.29, 0.717) is 0 Å². The number of hydrogen-bond donors (Lipinski definition) is 1. The molecule has 0 aliphatic heterocycles. The highest BCUT2D eigenvalue weighted by atomic mass is 32.2. The molecule has 0 fully saturated rings. The van der Waals surface area contributed by atoms with E-state index in [1.54, 1.807) is 25.1 Å². The zero-order valence-corrected chi connectivity index (χ0v) is 10.7. The Labute approximate surface area is 101 Å². The number of nitrogens with zero attached hydrogens (tertiary/aromatic N) is 2. The Bertz CT molecular complexity index is 296. The van der Waals surface area contributed by atoms with Gasteiger partial charge in [0.2, 0.25) is 5.95 Å². The fraction of sp³-hybridized carbons (Fsp3) is 0.636. The van der Waals surface area contributed by atoms with Crippen molar-refractivity contribution in [3.05, 3.63) is 12.3 Å². The Hall–Kier alpha value is -0.810. The summed E-state index contributed by atoms with van der Waals surface area (Å²) in [7, 11) is 1.72. The third-order valence-corrected chi connectivity index (χ3v) is 2.92. The lowest BCUT2D eigenvalue weighted by atomic mass is 10.5. The molecular weight excluding hydrogens is 222 g/mol. The molecule has 0 atom stereocenters. The number of anilines is 1. The molecule has 0 unspecified atom stereocenters. The Kier molecular flexibility index (Phi) is 6.92. The first kappa shape index (κ1) is 13.3. The lowest BCUT2D eigenvalue weighted by Crippen LogP contribution is -2.04. The van der Waals surface area contributed by atoms with E-state index in [-0.39, 0.29) is 0 Å². The molecule has 0 saturated heterocycles. The molecule has 0 aliphatic carbocycles. The minimum atomic E-state index is 0.721. The largest absolute Gasteiger partial charge is 0.385 e. The van der Waals surface area contributed by atoms with Gasteiger partial charge in [-0.2, -0.15) is 0 Å². The van der Waals surface area contributed by atoms with Crippen LogP contribution in [0.15, 0.2) is 17.3 Å². The van der Waals surface area contributed by atoms with Gasteiger partial charge in [-0.3, -0.25) is 0 Å². The second-order valence-corrected chi connectivity index (χ2v) is 4.46. The molecule has 0 aliphatic rings. The predicted molar refractivity (Wildman–Crippen MR) is 68.0 cm³/mol. The van der Waals surface area contributed by atoms with E-state index in [9.17, 15) is 0 Å². The Balaban J connectivity index is 2.35. The van der Waals surface area contributed by atoms with Crippen LogP contribution in [0.4, 0.5) is 5.95 Å². The third-order valence-electron chi connectivity index (χ3n) is 1.91. The lowest BCUT2D eigenvalue weighted by molar-refractivity contribution is 0.200. The van der Waals surface area contributed by atoms with E-state index in [2.05, 4.69) is 22.2 Å². The first-order chi connectivity index (χ1) is 7.86. The van der Waals surface area contributed by atoms with E-state index >= 15 is 0 Å². The van der Waals surface area contributed by atoms with Crippen molar-refractivity contribution >= 4 is 17.7 Å². The normalized spacial score (nSPS) is 10.4. The highest BCUT2D eigenvalue weighted by Gasteiger charge is 1.99. The molecule has 90 valence electrons. The van der Waals surface area contributed by atoms with Crippen molar-refractivity contribution < 1.29 is 4.74 Å². The zero-order chi connectivity index (χ0) is 11.6. The van der Waals surface area contributed by atoms with Crippen LogP contribution in [-0.2, 0) is 4.74 Å². The maximum Gasteiger partial charge on any atom is 0.223 e. The maximum atomic E-state index is 5.00. The van der Waals surface area contributed by atoms with E-state index in [0.717, 1.165) is 42.7 Å². The molecule has 1 heterocycles. The van der Waals surface area contributed by atoms with Gasteiger partial charge < -0.3 is 10.1 Å². The maximum absolute atomic E-state index is 5.00. The molecule has 4 nitrogen and oxygen atoms in total. The number of hydrogen-bond acceptors (Lipinski definition) is 5. The van der Waals surface area contributed by atoms with Crippen molar-refractivity contribution in [2.45, 2.75) is 24.8 Å². The van der Waals surface area contributed by atoms with Crippen LogP contribution in [0.25, 0.3) is 0 Å². The second-order valence-electron chi connectivity index (χ2n) is 3.34. The van der Waals surface area contributed by atoms with Crippen LogP contribution in [0.3, 0.4) is 0 Å². The van der Waals surface area contributed by atoms with Gasteiger partial charge in [-0.15, -0.1) is 11.8 Å². The summed E-state index contributed by atoms with van der Waals surface area (Å²) < 4.78 is 5.00. The highest BCUT2D eigenvalue weighted by molar-refractivity contribution is 7.99. The topological polar surface area (TPSA) is 47.0 Å². The molecule has 0 bridgehead atoms. The summed E-state index contributed by atoms with van der Waals surface area (Å²) in [4.78, 5) is 8.57. The molecule has 0 saturated carbocycles. The van der Waals surface area contributed by atoms with Gasteiger partial charge in [0.05, 0.1) is 0 Å². The van der Waals surface area contributed by atoms with Gasteiger partial charge in [0.15, 0.2) is 0 Å². The van der Waals surface area contributed by atoms with Crippen LogP contribution in [0, 0.1) is 0 Å². The van der Waals surface area contributed by atoms with Crippen LogP contribution in [-0.4, -0.2) is 36.0 Å². The average molecular weight is 241 g/mol. The van der Waals surface area contributed by atoms with Gasteiger partial charge in [-0.1, -0.05) is 6.92 Å². The molecule has 1 aromatic rings. The summed E-state index contributed by atoms with van der Waals surface area (Å²) in [6.07, 6.45) is 3.92. The first-order valence-electron chi connectivity index (χ1n) is 5.55. The number of methoxy groups -OCH3 is 1. The Morgan fingerprint density at radius 2 is 2.38 bits per heavy atom. The average Bonchev–Trinajstić information content (AvgIpc) is 2.33. The van der Waals surface area contributed by atoms with Crippen LogP contribution in [0.2, 0.25) is 0 Å². The highest BCUT2D eigenvalue weighted by Crippen LogP contribution is 2.16. The fourth-order valence-electron chi connectivity index (χ4n) is 1.12. The van der Waals surface area contributed by atoms with Gasteiger partial charge in [-0.05, 0) is 18.9 Å². The molecule has 0 radical (unpaired) electrons. The predicted octanol–water partition coefficient (Wildman–Crippen LogP) is 2.43. The van der Waals surface area contributed by atoms with Gasteiger partial charge in [0.1, 0.15) is 5.03 Å². The van der Waals surface area contributed by atoms with E-state index < -0.39 is 0 Å². The summed E-state index contributed by atoms with van der Waals surface area (Å²) in [5, 5.41) is 4.19. The van der Waals surface area contributed by atoms with E-state index in [4.69, 9.17) is 4.74 Å². The second kappa shape index (κ2) is 8.35. The molecule has 0 amide bonds. The number of aromatic nitrogens is 2. The Morgan fingerprint density at radius 1 is 1.50 bits per heavy atom. The molecular formula is C11H19N3OS. The van der Waals surface area contributed by atoms with Crippen LogP contribution >= 0.6 is 11.8 Å². The molecule has 1 rings (SSSR count). The monoisotopic (exact) mass is 241 g/mol. The van der Waals surface area contributed by atoms with Crippen LogP contribution in [0.5, 0.6) is 0 Å². The number of ether oxygens (including phenoxy) is 1. The Morgan fingerprint density at radius 3 is 3.12 bits per heavy atom. The minimum absolute atomic E-state index is 0.721. The zero-order valence-electron chi connectivity index (χ0n) is 9.90. The van der Waals surface area contributed by atoms with Crippen molar-refractivity contribution in [3.8, 4) is 0 Å². The lowest BCUT2D eigenvalue weighted by Gasteiger charge is -2.04. The number of nitrogens with one attached hydrogen (secondary N) is 1. The summed E-state index contributed by atoms with van der Waals surface area (Å²) in [6, 6.07) is 1.94. The summed E-state index contributed by atoms with van der Waals surface area (Å²) in [5.41, 5.74) is 0. The molecule has 0 spiro atoms. The van der Waals surface area contributed by atoms with Crippen molar-refractivity contribution in [3.63, 3.8) is 0 Å². The molecule has 1 aromatic heterocycles. The van der Waals surface area contributed by atoms with E-state index in [1.165, 1.54) is 0 Å². The standard InChI is InChI=1S/C11H19N3OS/c1-3-6-12-11-13-7-5-10(14-11)16-9-4-8-15-2/h5,7H,3-4,6,8-9H2,1-2H3,(H,12,13,14). The van der Waals surface area contributed by atoms with Crippen molar-refractivity contribution in [1.29, 1.82) is 0 Å². The summed E-state index contributed by atoms with van der Waals surface area (Å²) >= 11 is 1.74. The molecule has 5 heteroatoms. The molecule has 0 aromatic carbocycles. The third kappa shape index (κ3) is 5.32. The summed E-state index contributed by atoms with van der Waals surface area (Å²) in [6.45, 7) is 3.84. The van der Waals surface area contributed by atoms with E-state index in [1.807, 2.05) is 6.07 Å². The van der Waals surface area contributed by atoms with Gasteiger partial charge in [-0.25, -0.2) is 9.97 Å². The van der Waals surface area contributed by atoms with Gasteiger partial charge in [0.25, 0.3) is 0 Å². The number of thioether (sulfide) groups is 1. The van der Waals surface area contributed by atoms with Crippen molar-refractivity contribution in [1.82, 2.24) is 9.97 Å². The van der Waals surface area contributed by atoms with Crippen LogP contribution < -0.4 is 5.32 Å². The quantitative estimate of drug-likeness (QED) is 0.430. The van der Waals surface area contributed by atoms with Crippen LogP contribution in [0.1, 0.15) is 19.8 Å². The first-order valence-corrected chi connectivity index (χ1v) is 6.54.